The van der Waals surface area contributed by atoms with Crippen LogP contribution in [0.5, 0.6) is 0 Å². The summed E-state index contributed by atoms with van der Waals surface area (Å²) in [6.07, 6.45) is 1.57. The second-order valence-electron chi connectivity index (χ2n) is 25.6. The fourth-order valence-corrected chi connectivity index (χ4v) is 12.8. The smallest absolute Gasteiger partial charge is 0.135 e. The number of benzene rings is 12. The number of aryl methyl sites for hydroxylation is 1. The van der Waals surface area contributed by atoms with Crippen molar-refractivity contribution >= 4 is 57.0 Å². The number of para-hydroxylation sites is 3. The molecule has 0 fully saturated rings. The Balaban J connectivity index is 0.00000866. The molecule has 0 radical (unpaired) electrons. The second kappa shape index (κ2) is 24.7. The van der Waals surface area contributed by atoms with Gasteiger partial charge < -0.3 is 19.6 Å². The zero-order valence-electron chi connectivity index (χ0n) is 60.5. The summed E-state index contributed by atoms with van der Waals surface area (Å²) in [6.45, 7) is 12.8. The Labute approximate surface area is 574 Å². The molecule has 93 heavy (non-hydrogen) atoms. The Morgan fingerprint density at radius 3 is 1.67 bits per heavy atom. The van der Waals surface area contributed by atoms with Gasteiger partial charge in [-0.2, -0.15) is 6.07 Å². The van der Waals surface area contributed by atoms with Crippen LogP contribution in [-0.4, -0.2) is 4.98 Å². The first kappa shape index (κ1) is 51.3. The van der Waals surface area contributed by atoms with Crippen LogP contribution in [0.3, 0.4) is 0 Å². The predicted octanol–water partition coefficient (Wildman–Crippen LogP) is 23.9. The minimum atomic E-state index is -2.43. The summed E-state index contributed by atoms with van der Waals surface area (Å²) in [7, 11) is 0. The summed E-state index contributed by atoms with van der Waals surface area (Å²) in [4.78, 5) is 13.5. The zero-order valence-corrected chi connectivity index (χ0v) is 54.7. The SMILES string of the molecule is [2H]c1c([2H])c([2H])c(-c2cccc(-c3cc(-c4ccccc4)cc(C(C)(C)C)c3)c2N2[CH-]N(c3[c-]c(N(c4[c-]c5c(cc4)-c4ccccc4-c4cc(-c6ccccc6)ccc4N5c4cc(C([2H])([2H])[2H])ccn4)c4cccc(-c5ccccc5)c4)cc(C(C)(C)C)c3)c3ccccc32)c([2H])c1[2H].[Pt]. The van der Waals surface area contributed by atoms with E-state index in [0.29, 0.717) is 39.8 Å². The molecule has 5 nitrogen and oxygen atoms in total. The third-order valence-electron chi connectivity index (χ3n) is 17.5. The minimum absolute atomic E-state index is 0. The molecule has 12 aromatic carbocycles. The van der Waals surface area contributed by atoms with E-state index >= 15 is 0 Å². The van der Waals surface area contributed by atoms with E-state index < -0.39 is 30.4 Å². The molecule has 0 spiro atoms. The van der Waals surface area contributed by atoms with Gasteiger partial charge in [-0.05, 0) is 133 Å². The van der Waals surface area contributed by atoms with E-state index in [-0.39, 0.29) is 49.7 Å². The van der Waals surface area contributed by atoms with Gasteiger partial charge in [-0.1, -0.05) is 270 Å². The molecule has 6 heteroatoms. The van der Waals surface area contributed by atoms with E-state index in [1.165, 1.54) is 0 Å². The summed E-state index contributed by atoms with van der Waals surface area (Å²) in [5.74, 6) is 0.411. The van der Waals surface area contributed by atoms with Gasteiger partial charge in [0.15, 0.2) is 0 Å². The van der Waals surface area contributed by atoms with Crippen LogP contribution in [0.2, 0.25) is 0 Å². The number of anilines is 10. The van der Waals surface area contributed by atoms with E-state index in [2.05, 4.69) is 231 Å². The van der Waals surface area contributed by atoms with Gasteiger partial charge in [-0.3, -0.25) is 0 Å². The molecule has 0 saturated carbocycles. The van der Waals surface area contributed by atoms with E-state index in [1.807, 2.05) is 91.6 Å². The number of hydrogen-bond acceptors (Lipinski definition) is 5. The van der Waals surface area contributed by atoms with Crippen molar-refractivity contribution in [3.63, 3.8) is 0 Å². The molecule has 1 aromatic heterocycles. The van der Waals surface area contributed by atoms with Gasteiger partial charge in [-0.15, -0.1) is 53.8 Å². The summed E-state index contributed by atoms with van der Waals surface area (Å²) in [5.41, 5.74) is 20.2. The van der Waals surface area contributed by atoms with Crippen LogP contribution in [0, 0.1) is 25.7 Å². The van der Waals surface area contributed by atoms with Crippen molar-refractivity contribution in [1.29, 1.82) is 0 Å². The molecule has 13 aromatic rings. The van der Waals surface area contributed by atoms with Crippen molar-refractivity contribution in [2.24, 2.45) is 0 Å². The van der Waals surface area contributed by atoms with Crippen molar-refractivity contribution < 1.29 is 32.0 Å². The van der Waals surface area contributed by atoms with Crippen LogP contribution in [0.25, 0.3) is 77.9 Å². The summed E-state index contributed by atoms with van der Waals surface area (Å²) >= 11 is 0. The largest absolute Gasteiger partial charge is 0.493 e. The van der Waals surface area contributed by atoms with Gasteiger partial charge >= 0.3 is 0 Å². The van der Waals surface area contributed by atoms with E-state index in [4.69, 9.17) is 13.2 Å². The molecule has 2 aliphatic rings. The molecule has 0 amide bonds. The van der Waals surface area contributed by atoms with Crippen molar-refractivity contribution in [2.45, 2.75) is 59.2 Å². The maximum absolute atomic E-state index is 9.55. The molecule has 0 N–H and O–H groups in total. The Bertz CT molecular complexity index is 5310. The Morgan fingerprint density at radius 1 is 0.419 bits per heavy atom. The fraction of sp³-hybridized carbons (Fsp3) is 0.103. The van der Waals surface area contributed by atoms with Crippen molar-refractivity contribution in [1.82, 2.24) is 4.98 Å². The fourth-order valence-electron chi connectivity index (χ4n) is 12.8. The van der Waals surface area contributed by atoms with Gasteiger partial charge in [0.25, 0.3) is 0 Å². The first-order valence-corrected chi connectivity index (χ1v) is 31.2. The molecule has 0 atom stereocenters. The Morgan fingerprint density at radius 2 is 0.989 bits per heavy atom. The molecule has 0 unspecified atom stereocenters. The van der Waals surface area contributed by atoms with Crippen molar-refractivity contribution in [3.8, 4) is 77.9 Å². The zero-order chi connectivity index (χ0) is 69.5. The average Bonchev–Trinajstić information content (AvgIpc) is 1.67. The van der Waals surface area contributed by atoms with E-state index in [0.717, 1.165) is 101 Å². The number of aromatic nitrogens is 1. The van der Waals surface area contributed by atoms with Gasteiger partial charge in [-0.25, -0.2) is 4.98 Å². The molecule has 0 bridgehead atoms. The topological polar surface area (TPSA) is 25.9 Å². The standard InChI is InChI=1S/C87H70N5.Pt/c1-59-46-47-88-84(48-59)92-80-45-42-65(61-28-14-9-15-29-61)53-79(80)77-37-21-20-36-76(77)78-44-43-71(57-83(78)92)91(70-35-24-34-64(52-70)60-26-12-8-13-27-60)73-55-69(87(5,6)7)54-72(56-73)89-58-90(82-41-23-22-40-81(82)89)85-74(63-32-18-11-19-33-63)38-25-39-75(85)67-49-66(62-30-16-10-17-31-62)50-68(51-67)86(2,3)4;/h8-55,58H,1-7H3;/q-3;/i1D3,11D,18D,19D,32D,33D;. The number of rotatable bonds is 11. The monoisotopic (exact) mass is 1390 g/mol. The number of pyridine rings is 1. The maximum atomic E-state index is 9.55. The van der Waals surface area contributed by atoms with Crippen LogP contribution < -0.4 is 19.6 Å². The van der Waals surface area contributed by atoms with Crippen LogP contribution in [0.4, 0.5) is 57.0 Å². The van der Waals surface area contributed by atoms with Gasteiger partial charge in [0.1, 0.15) is 5.82 Å². The molecule has 456 valence electrons. The number of nitrogens with zero attached hydrogens (tertiary/aromatic N) is 5. The Kier molecular flexibility index (Phi) is 13.6. The molecule has 3 heterocycles. The predicted molar refractivity (Wildman–Crippen MR) is 386 cm³/mol. The minimum Gasteiger partial charge on any atom is -0.493 e. The van der Waals surface area contributed by atoms with Gasteiger partial charge in [0.2, 0.25) is 0 Å². The summed E-state index contributed by atoms with van der Waals surface area (Å²) < 4.78 is 71.8. The molecule has 15 rings (SSSR count). The summed E-state index contributed by atoms with van der Waals surface area (Å²) in [5, 5.41) is 0. The maximum Gasteiger partial charge on any atom is 0.135 e. The number of fused-ring (bicyclic) bond motifs is 6. The van der Waals surface area contributed by atoms with Crippen LogP contribution in [0.1, 0.15) is 69.2 Å². The molecular weight excluding hydrogens is 1310 g/mol. The van der Waals surface area contributed by atoms with Crippen LogP contribution in [-0.2, 0) is 31.9 Å². The van der Waals surface area contributed by atoms with E-state index in [9.17, 15) is 2.74 Å². The third kappa shape index (κ3) is 11.6. The Hall–Kier alpha value is -10.3. The van der Waals surface area contributed by atoms with Crippen molar-refractivity contribution in [3.05, 3.63) is 327 Å². The summed E-state index contributed by atoms with van der Waals surface area (Å²) in [6, 6.07) is 92.8. The molecule has 0 saturated heterocycles. The average molecular weight is 1390 g/mol. The van der Waals surface area contributed by atoms with Gasteiger partial charge in [0.05, 0.1) is 12.5 Å². The van der Waals surface area contributed by atoms with Crippen LogP contribution in [0.15, 0.2) is 291 Å². The van der Waals surface area contributed by atoms with E-state index in [1.54, 1.807) is 18.3 Å². The quantitative estimate of drug-likeness (QED) is 0.120. The first-order valence-electron chi connectivity index (χ1n) is 35.2. The van der Waals surface area contributed by atoms with Crippen LogP contribution >= 0.6 is 0 Å². The normalized spacial score (nSPS) is 13.8. The van der Waals surface area contributed by atoms with Gasteiger partial charge in [0, 0.05) is 70.8 Å². The molecular formula is C87H70N5Pt-3. The van der Waals surface area contributed by atoms with Crippen molar-refractivity contribution in [2.75, 3.05) is 19.6 Å². The third-order valence-corrected chi connectivity index (χ3v) is 17.5. The molecule has 0 aliphatic carbocycles. The molecule has 2 aliphatic heterocycles. The second-order valence-corrected chi connectivity index (χ2v) is 25.6. The first-order chi connectivity index (χ1) is 48.1. The number of hydrogen-bond donors (Lipinski definition) is 0.